The minimum absolute atomic E-state index is 0.162. The van der Waals surface area contributed by atoms with Gasteiger partial charge in [0, 0.05) is 13.2 Å². The molecule has 2 unspecified atom stereocenters. The van der Waals surface area contributed by atoms with Gasteiger partial charge in [-0.2, -0.15) is 5.10 Å². The molecule has 5 nitrogen and oxygen atoms in total. The monoisotopic (exact) mass is 271 g/mol. The fraction of sp³-hybridized carbons (Fsp3) is 0.750. The molecule has 1 aromatic heterocycles. The Balaban J connectivity index is 2.03. The Morgan fingerprint density at radius 3 is 2.89 bits per heavy atom. The molecule has 102 valence electrons. The van der Waals surface area contributed by atoms with Gasteiger partial charge in [-0.05, 0) is 31.4 Å². The molecule has 0 bridgehead atoms. The fourth-order valence-electron chi connectivity index (χ4n) is 2.57. The Kier molecular flexibility index (Phi) is 4.07. The summed E-state index contributed by atoms with van der Waals surface area (Å²) < 4.78 is 24.7. The van der Waals surface area contributed by atoms with Gasteiger partial charge in [0.1, 0.15) is 0 Å². The van der Waals surface area contributed by atoms with Crippen molar-refractivity contribution in [2.24, 2.45) is 13.0 Å². The first kappa shape index (κ1) is 13.5. The summed E-state index contributed by atoms with van der Waals surface area (Å²) in [6.45, 7) is 2.92. The van der Waals surface area contributed by atoms with Gasteiger partial charge >= 0.3 is 0 Å². The molecule has 2 rings (SSSR count). The molecule has 18 heavy (non-hydrogen) atoms. The maximum atomic E-state index is 11.5. The normalized spacial score (nSPS) is 24.2. The van der Waals surface area contributed by atoms with Gasteiger partial charge < -0.3 is 5.32 Å². The van der Waals surface area contributed by atoms with Crippen LogP contribution in [0.2, 0.25) is 0 Å². The molecular formula is C12H21N3O2S. The first-order valence-electron chi connectivity index (χ1n) is 6.43. The molecule has 0 aliphatic carbocycles. The number of aryl methyl sites for hydroxylation is 1. The Bertz CT molecular complexity index is 495. The highest BCUT2D eigenvalue weighted by molar-refractivity contribution is 7.91. The third-order valence-electron chi connectivity index (χ3n) is 3.44. The van der Waals surface area contributed by atoms with E-state index in [1.165, 1.54) is 0 Å². The van der Waals surface area contributed by atoms with Crippen LogP contribution in [0.3, 0.4) is 0 Å². The quantitative estimate of drug-likeness (QED) is 0.864. The highest BCUT2D eigenvalue weighted by atomic mass is 32.2. The number of hydrogen-bond acceptors (Lipinski definition) is 4. The summed E-state index contributed by atoms with van der Waals surface area (Å²) >= 11 is 0. The SMILES string of the molecule is CCNC(CC1CCS(=O)(=O)C1)c1ccn(C)n1. The number of rotatable bonds is 5. The summed E-state index contributed by atoms with van der Waals surface area (Å²) in [6, 6.07) is 2.16. The van der Waals surface area contributed by atoms with Crippen molar-refractivity contribution in [2.45, 2.75) is 25.8 Å². The largest absolute Gasteiger partial charge is 0.309 e. The van der Waals surface area contributed by atoms with Gasteiger partial charge in [-0.1, -0.05) is 6.92 Å². The highest BCUT2D eigenvalue weighted by Crippen LogP contribution is 2.28. The fourth-order valence-corrected chi connectivity index (χ4v) is 4.45. The number of aromatic nitrogens is 2. The molecule has 1 saturated heterocycles. The average molecular weight is 271 g/mol. The zero-order valence-corrected chi connectivity index (χ0v) is 11.8. The summed E-state index contributed by atoms with van der Waals surface area (Å²) in [5.41, 5.74) is 1.00. The van der Waals surface area contributed by atoms with Crippen molar-refractivity contribution < 1.29 is 8.42 Å². The summed E-state index contributed by atoms with van der Waals surface area (Å²) in [5, 5.41) is 7.81. The first-order valence-corrected chi connectivity index (χ1v) is 8.25. The molecule has 1 aromatic rings. The Morgan fingerprint density at radius 2 is 2.39 bits per heavy atom. The van der Waals surface area contributed by atoms with Gasteiger partial charge in [-0.3, -0.25) is 4.68 Å². The van der Waals surface area contributed by atoms with Gasteiger partial charge in [0.15, 0.2) is 9.84 Å². The predicted molar refractivity (Wildman–Crippen MR) is 71.0 cm³/mol. The van der Waals surface area contributed by atoms with E-state index in [1.807, 2.05) is 19.3 Å². The number of nitrogens with one attached hydrogen (secondary N) is 1. The van der Waals surface area contributed by atoms with Crippen LogP contribution in [0, 0.1) is 5.92 Å². The average Bonchev–Trinajstić information content (AvgIpc) is 2.84. The summed E-state index contributed by atoms with van der Waals surface area (Å²) in [4.78, 5) is 0. The second kappa shape index (κ2) is 5.40. The number of sulfone groups is 1. The Labute approximate surface area is 108 Å². The summed E-state index contributed by atoms with van der Waals surface area (Å²) in [6.07, 6.45) is 3.56. The second-order valence-electron chi connectivity index (χ2n) is 5.03. The topological polar surface area (TPSA) is 64.0 Å². The van der Waals surface area contributed by atoms with E-state index in [0.717, 1.165) is 25.1 Å². The molecule has 0 saturated carbocycles. The van der Waals surface area contributed by atoms with Gasteiger partial charge in [0.25, 0.3) is 0 Å². The van der Waals surface area contributed by atoms with Crippen molar-refractivity contribution in [1.29, 1.82) is 0 Å². The van der Waals surface area contributed by atoms with Crippen molar-refractivity contribution in [3.63, 3.8) is 0 Å². The van der Waals surface area contributed by atoms with E-state index in [-0.39, 0.29) is 12.0 Å². The van der Waals surface area contributed by atoms with Gasteiger partial charge in [0.05, 0.1) is 23.2 Å². The van der Waals surface area contributed by atoms with E-state index >= 15 is 0 Å². The van der Waals surface area contributed by atoms with E-state index in [9.17, 15) is 8.42 Å². The van der Waals surface area contributed by atoms with Crippen LogP contribution in [-0.4, -0.2) is 36.2 Å². The summed E-state index contributed by atoms with van der Waals surface area (Å²) in [7, 11) is -0.891. The lowest BCUT2D eigenvalue weighted by Gasteiger charge is -2.18. The second-order valence-corrected chi connectivity index (χ2v) is 7.26. The molecule has 1 aliphatic rings. The molecule has 0 aromatic carbocycles. The third kappa shape index (κ3) is 3.32. The van der Waals surface area contributed by atoms with E-state index in [0.29, 0.717) is 11.5 Å². The van der Waals surface area contributed by atoms with Crippen molar-refractivity contribution in [3.8, 4) is 0 Å². The predicted octanol–water partition coefficient (Wildman–Crippen LogP) is 0.895. The van der Waals surface area contributed by atoms with Crippen molar-refractivity contribution >= 4 is 9.84 Å². The molecular weight excluding hydrogens is 250 g/mol. The van der Waals surface area contributed by atoms with Crippen LogP contribution in [0.1, 0.15) is 31.5 Å². The molecule has 0 amide bonds. The smallest absolute Gasteiger partial charge is 0.150 e. The molecule has 6 heteroatoms. The van der Waals surface area contributed by atoms with E-state index in [2.05, 4.69) is 17.3 Å². The lowest BCUT2D eigenvalue weighted by Crippen LogP contribution is -2.24. The molecule has 0 radical (unpaired) electrons. The van der Waals surface area contributed by atoms with Crippen LogP contribution in [0.4, 0.5) is 0 Å². The Hall–Kier alpha value is -0.880. The number of nitrogens with zero attached hydrogens (tertiary/aromatic N) is 2. The lowest BCUT2D eigenvalue weighted by molar-refractivity contribution is 0.412. The number of hydrogen-bond donors (Lipinski definition) is 1. The maximum Gasteiger partial charge on any atom is 0.150 e. The highest BCUT2D eigenvalue weighted by Gasteiger charge is 2.30. The maximum absolute atomic E-state index is 11.5. The minimum atomic E-state index is -2.79. The molecule has 0 spiro atoms. The van der Waals surface area contributed by atoms with Gasteiger partial charge in [0.2, 0.25) is 0 Å². The van der Waals surface area contributed by atoms with Crippen LogP contribution in [-0.2, 0) is 16.9 Å². The molecule has 1 N–H and O–H groups in total. The third-order valence-corrected chi connectivity index (χ3v) is 5.27. The van der Waals surface area contributed by atoms with Crippen LogP contribution < -0.4 is 5.32 Å². The van der Waals surface area contributed by atoms with Gasteiger partial charge in [-0.15, -0.1) is 0 Å². The molecule has 2 heterocycles. The first-order chi connectivity index (χ1) is 8.50. The minimum Gasteiger partial charge on any atom is -0.309 e. The van der Waals surface area contributed by atoms with Gasteiger partial charge in [-0.25, -0.2) is 8.42 Å². The van der Waals surface area contributed by atoms with Crippen LogP contribution in [0.15, 0.2) is 12.3 Å². The molecule has 1 aliphatic heterocycles. The van der Waals surface area contributed by atoms with Crippen molar-refractivity contribution in [3.05, 3.63) is 18.0 Å². The molecule has 2 atom stereocenters. The van der Waals surface area contributed by atoms with E-state index < -0.39 is 9.84 Å². The van der Waals surface area contributed by atoms with E-state index in [1.54, 1.807) is 4.68 Å². The lowest BCUT2D eigenvalue weighted by atomic mass is 9.97. The Morgan fingerprint density at radius 1 is 1.61 bits per heavy atom. The van der Waals surface area contributed by atoms with E-state index in [4.69, 9.17) is 0 Å². The van der Waals surface area contributed by atoms with Crippen molar-refractivity contribution in [1.82, 2.24) is 15.1 Å². The van der Waals surface area contributed by atoms with Crippen LogP contribution >= 0.6 is 0 Å². The zero-order valence-electron chi connectivity index (χ0n) is 11.0. The van der Waals surface area contributed by atoms with Crippen molar-refractivity contribution in [2.75, 3.05) is 18.1 Å². The molecule has 1 fully saturated rings. The summed E-state index contributed by atoms with van der Waals surface area (Å²) in [5.74, 6) is 0.946. The zero-order chi connectivity index (χ0) is 13.2. The van der Waals surface area contributed by atoms with Crippen LogP contribution in [0.25, 0.3) is 0 Å². The van der Waals surface area contributed by atoms with Crippen LogP contribution in [0.5, 0.6) is 0 Å². The standard InChI is InChI=1S/C12H21N3O2S/c1-3-13-12(11-4-6-15(2)14-11)8-10-5-7-18(16,17)9-10/h4,6,10,12-13H,3,5,7-9H2,1-2H3.